The predicted molar refractivity (Wildman–Crippen MR) is 95.8 cm³/mol. The Bertz CT molecular complexity index is 740. The molecule has 2 heterocycles. The van der Waals surface area contributed by atoms with Gasteiger partial charge in [-0.3, -0.25) is 4.79 Å². The Morgan fingerprint density at radius 3 is 2.82 bits per heavy atom. The first-order valence-electron chi connectivity index (χ1n) is 7.85. The van der Waals surface area contributed by atoms with E-state index >= 15 is 0 Å². The van der Waals surface area contributed by atoms with Crippen molar-refractivity contribution in [2.75, 3.05) is 0 Å². The van der Waals surface area contributed by atoms with Gasteiger partial charge in [-0.2, -0.15) is 0 Å². The third-order valence-corrected chi connectivity index (χ3v) is 6.15. The average molecular weight is 407 g/mol. The van der Waals surface area contributed by atoms with Gasteiger partial charge >= 0.3 is 0 Å². The van der Waals surface area contributed by atoms with Crippen molar-refractivity contribution in [3.63, 3.8) is 0 Å². The van der Waals surface area contributed by atoms with E-state index in [9.17, 15) is 4.79 Å². The van der Waals surface area contributed by atoms with Gasteiger partial charge in [-0.1, -0.05) is 59.3 Å². The summed E-state index contributed by atoms with van der Waals surface area (Å²) in [6.45, 7) is 0. The zero-order valence-electron chi connectivity index (χ0n) is 12.2. The number of ether oxygens (including phenoxy) is 1. The number of benzene rings is 1. The molecule has 0 spiro atoms. The molecule has 1 fully saturated rings. The molecule has 1 aromatic carbocycles. The van der Waals surface area contributed by atoms with Gasteiger partial charge in [-0.25, -0.2) is 0 Å². The Labute approximate surface area is 143 Å². The van der Waals surface area contributed by atoms with Gasteiger partial charge < -0.3 is 9.72 Å². The Balaban J connectivity index is 1.84. The lowest BCUT2D eigenvalue weighted by Gasteiger charge is -2.40. The highest BCUT2D eigenvalue weighted by Gasteiger charge is 2.39. The number of fused-ring (bicyclic) bond motifs is 2. The van der Waals surface area contributed by atoms with E-state index in [-0.39, 0.29) is 11.7 Å². The van der Waals surface area contributed by atoms with Gasteiger partial charge in [0.25, 0.3) is 5.56 Å². The third-order valence-electron chi connectivity index (χ3n) is 4.82. The number of rotatable bonds is 1. The number of nitrogens with one attached hydrogen (secondary N) is 1. The lowest BCUT2D eigenvalue weighted by atomic mass is 9.80. The van der Waals surface area contributed by atoms with E-state index in [1.54, 1.807) is 6.20 Å². The lowest BCUT2D eigenvalue weighted by molar-refractivity contribution is 0.0854. The van der Waals surface area contributed by atoms with E-state index in [0.717, 1.165) is 28.9 Å². The van der Waals surface area contributed by atoms with Crippen LogP contribution in [0.1, 0.15) is 24.8 Å². The highest BCUT2D eigenvalue weighted by molar-refractivity contribution is 14.1. The number of aromatic amines is 1. The van der Waals surface area contributed by atoms with E-state index in [1.165, 1.54) is 19.3 Å². The van der Waals surface area contributed by atoms with Crippen molar-refractivity contribution in [3.05, 3.63) is 52.4 Å². The number of hydrogen-bond donors (Lipinski definition) is 1. The van der Waals surface area contributed by atoms with Gasteiger partial charge in [-0.05, 0) is 24.8 Å². The number of pyridine rings is 1. The van der Waals surface area contributed by atoms with E-state index in [1.807, 2.05) is 18.2 Å². The molecule has 0 bridgehead atoms. The second-order valence-corrected chi connectivity index (χ2v) is 7.80. The third kappa shape index (κ3) is 2.37. The van der Waals surface area contributed by atoms with Crippen LogP contribution in [-0.2, 0) is 6.42 Å². The van der Waals surface area contributed by atoms with E-state index in [2.05, 4.69) is 39.7 Å². The number of aromatic nitrogens is 1. The quantitative estimate of drug-likeness (QED) is 0.575. The summed E-state index contributed by atoms with van der Waals surface area (Å²) in [6, 6.07) is 10.2. The maximum absolute atomic E-state index is 12.3. The highest BCUT2D eigenvalue weighted by atomic mass is 127. The smallest absolute Gasteiger partial charge is 0.254 e. The Morgan fingerprint density at radius 2 is 2.00 bits per heavy atom. The summed E-state index contributed by atoms with van der Waals surface area (Å²) in [6.07, 6.45) is 6.49. The monoisotopic (exact) mass is 407 g/mol. The Morgan fingerprint density at radius 1 is 1.18 bits per heavy atom. The van der Waals surface area contributed by atoms with Gasteiger partial charge in [0, 0.05) is 21.6 Å². The minimum Gasteiger partial charge on any atom is -0.488 e. The minimum atomic E-state index is 0.00344. The molecule has 22 heavy (non-hydrogen) atoms. The molecule has 1 aliphatic heterocycles. The molecule has 0 amide bonds. The van der Waals surface area contributed by atoms with Crippen LogP contribution in [0.15, 0.2) is 41.3 Å². The Kier molecular flexibility index (Phi) is 3.72. The van der Waals surface area contributed by atoms with Gasteiger partial charge in [0.2, 0.25) is 0 Å². The zero-order chi connectivity index (χ0) is 15.1. The van der Waals surface area contributed by atoms with Crippen LogP contribution >= 0.6 is 22.6 Å². The summed E-state index contributed by atoms with van der Waals surface area (Å²) in [5.74, 6) is 1.29. The molecular formula is C18H18INO2. The first-order chi connectivity index (χ1) is 10.7. The summed E-state index contributed by atoms with van der Waals surface area (Å²) in [5, 5.41) is 0. The maximum atomic E-state index is 12.3. The number of H-pyrrole nitrogens is 1. The number of halogens is 1. The lowest BCUT2D eigenvalue weighted by Crippen LogP contribution is -2.44. The first kappa shape index (κ1) is 14.3. The predicted octanol–water partition coefficient (Wildman–Crippen LogP) is 3.95. The van der Waals surface area contributed by atoms with Crippen LogP contribution in [0.2, 0.25) is 0 Å². The normalized spacial score (nSPS) is 26.7. The summed E-state index contributed by atoms with van der Waals surface area (Å²) < 4.78 is 6.92. The topological polar surface area (TPSA) is 42.1 Å². The van der Waals surface area contributed by atoms with Gasteiger partial charge in [0.1, 0.15) is 11.9 Å². The first-order valence-corrected chi connectivity index (χ1v) is 9.09. The molecule has 2 aromatic rings. The van der Waals surface area contributed by atoms with Crippen molar-refractivity contribution in [1.82, 2.24) is 4.98 Å². The van der Waals surface area contributed by atoms with Crippen molar-refractivity contribution < 1.29 is 4.74 Å². The van der Waals surface area contributed by atoms with Gasteiger partial charge in [0.05, 0.1) is 5.56 Å². The van der Waals surface area contributed by atoms with Crippen molar-refractivity contribution in [2.45, 2.75) is 35.7 Å². The van der Waals surface area contributed by atoms with Crippen LogP contribution in [0.25, 0.3) is 11.1 Å². The highest BCUT2D eigenvalue weighted by Crippen LogP contribution is 2.43. The molecule has 1 aliphatic carbocycles. The summed E-state index contributed by atoms with van der Waals surface area (Å²) in [7, 11) is 0. The maximum Gasteiger partial charge on any atom is 0.254 e. The van der Waals surface area contributed by atoms with Crippen LogP contribution in [0.4, 0.5) is 0 Å². The fraction of sp³-hybridized carbons (Fsp3) is 0.389. The van der Waals surface area contributed by atoms with Crippen LogP contribution in [-0.4, -0.2) is 15.0 Å². The molecule has 114 valence electrons. The van der Waals surface area contributed by atoms with Crippen molar-refractivity contribution in [2.24, 2.45) is 5.92 Å². The summed E-state index contributed by atoms with van der Waals surface area (Å²) >= 11 is 2.51. The molecule has 3 nitrogen and oxygen atoms in total. The average Bonchev–Trinajstić information content (AvgIpc) is 2.55. The fourth-order valence-electron chi connectivity index (χ4n) is 3.69. The van der Waals surface area contributed by atoms with E-state index in [0.29, 0.717) is 9.84 Å². The van der Waals surface area contributed by atoms with Gasteiger partial charge in [-0.15, -0.1) is 0 Å². The number of alkyl halides is 1. The van der Waals surface area contributed by atoms with E-state index < -0.39 is 0 Å². The summed E-state index contributed by atoms with van der Waals surface area (Å²) in [4.78, 5) is 15.2. The second-order valence-electron chi connectivity index (χ2n) is 6.20. The summed E-state index contributed by atoms with van der Waals surface area (Å²) in [5.41, 5.74) is 2.92. The minimum absolute atomic E-state index is 0.00344. The molecular weight excluding hydrogens is 389 g/mol. The molecule has 0 radical (unpaired) electrons. The van der Waals surface area contributed by atoms with Crippen LogP contribution in [0.5, 0.6) is 5.75 Å². The van der Waals surface area contributed by atoms with Crippen molar-refractivity contribution >= 4 is 22.6 Å². The molecule has 0 unspecified atom stereocenters. The SMILES string of the molecule is O=c1[nH]cc(-c2ccccc2)c2c1C[C@H]1CCC[C@H](I)[C@H]1O2. The number of hydrogen-bond acceptors (Lipinski definition) is 2. The molecule has 2 aliphatic rings. The molecule has 0 saturated heterocycles. The Hall–Kier alpha value is -1.30. The standard InChI is InChI=1S/C18H18INO2/c19-15-8-4-7-12-9-13-17(22-16(12)15)14(10-20-18(13)21)11-5-2-1-3-6-11/h1-3,5-6,10,12,15-16H,4,7-9H2,(H,20,21)/t12-,15+,16+/m1/s1. The second kappa shape index (κ2) is 5.72. The van der Waals surface area contributed by atoms with Crippen LogP contribution < -0.4 is 10.3 Å². The largest absolute Gasteiger partial charge is 0.488 e. The molecule has 1 N–H and O–H groups in total. The molecule has 4 rings (SSSR count). The van der Waals surface area contributed by atoms with Gasteiger partial charge in [0.15, 0.2) is 0 Å². The fourth-order valence-corrected chi connectivity index (χ4v) is 4.87. The zero-order valence-corrected chi connectivity index (χ0v) is 14.4. The van der Waals surface area contributed by atoms with Crippen molar-refractivity contribution in [3.8, 4) is 16.9 Å². The van der Waals surface area contributed by atoms with Crippen LogP contribution in [0, 0.1) is 5.92 Å². The molecule has 4 heteroatoms. The van der Waals surface area contributed by atoms with Crippen molar-refractivity contribution in [1.29, 1.82) is 0 Å². The molecule has 3 atom stereocenters. The van der Waals surface area contributed by atoms with Crippen LogP contribution in [0.3, 0.4) is 0 Å². The molecule has 1 saturated carbocycles. The van der Waals surface area contributed by atoms with E-state index in [4.69, 9.17) is 4.74 Å². The molecule has 1 aromatic heterocycles.